The normalized spacial score (nSPS) is 13.6. The molecule has 2 N–H and O–H groups in total. The minimum Gasteiger partial charge on any atom is -0.493 e. The molecule has 0 spiro atoms. The van der Waals surface area contributed by atoms with Crippen molar-refractivity contribution < 1.29 is 23.9 Å². The van der Waals surface area contributed by atoms with Crippen LogP contribution in [0.25, 0.3) is 0 Å². The van der Waals surface area contributed by atoms with Crippen molar-refractivity contribution in [3.63, 3.8) is 0 Å². The highest BCUT2D eigenvalue weighted by atomic mass is 16.5. The lowest BCUT2D eigenvalue weighted by atomic mass is 10.1. The summed E-state index contributed by atoms with van der Waals surface area (Å²) in [5.74, 6) is 0.498. The predicted octanol–water partition coefficient (Wildman–Crippen LogP) is 3.43. The van der Waals surface area contributed by atoms with E-state index in [1.807, 2.05) is 32.0 Å². The molecule has 3 rings (SSSR count). The topological polar surface area (TPSA) is 97.0 Å². The van der Waals surface area contributed by atoms with Gasteiger partial charge in [0, 0.05) is 12.8 Å². The molecule has 2 aromatic carbocycles. The van der Waals surface area contributed by atoms with Crippen molar-refractivity contribution in [2.75, 3.05) is 30.5 Å². The largest absolute Gasteiger partial charge is 0.493 e. The lowest BCUT2D eigenvalue weighted by molar-refractivity contribution is -0.126. The third-order valence-corrected chi connectivity index (χ3v) is 5.16. The number of methoxy groups -OCH3 is 1. The van der Waals surface area contributed by atoms with Gasteiger partial charge in [-0.3, -0.25) is 14.4 Å². The quantitative estimate of drug-likeness (QED) is 0.624. The fourth-order valence-corrected chi connectivity index (χ4v) is 3.49. The van der Waals surface area contributed by atoms with Gasteiger partial charge in [0.15, 0.2) is 11.5 Å². The van der Waals surface area contributed by atoms with Crippen LogP contribution in [0, 0.1) is 0 Å². The number of fused-ring (bicyclic) bond motifs is 1. The molecule has 1 atom stereocenters. The molecular weight excluding hydrogens is 410 g/mol. The molecule has 0 fully saturated rings. The summed E-state index contributed by atoms with van der Waals surface area (Å²) < 4.78 is 11.1. The van der Waals surface area contributed by atoms with Gasteiger partial charge in [-0.25, -0.2) is 0 Å². The maximum absolute atomic E-state index is 12.7. The van der Waals surface area contributed by atoms with Crippen molar-refractivity contribution in [3.8, 4) is 11.5 Å². The van der Waals surface area contributed by atoms with E-state index in [0.717, 1.165) is 12.0 Å². The zero-order valence-electron chi connectivity index (χ0n) is 18.6. The molecule has 0 saturated heterocycles. The number of nitrogens with zero attached hydrogens (tertiary/aromatic N) is 1. The number of hydrogen-bond donors (Lipinski definition) is 2. The zero-order chi connectivity index (χ0) is 23.1. The number of carbonyl (C=O) groups is 3. The Labute approximate surface area is 187 Å². The van der Waals surface area contributed by atoms with Crippen LogP contribution < -0.4 is 25.0 Å². The van der Waals surface area contributed by atoms with Crippen LogP contribution >= 0.6 is 0 Å². The molecule has 32 heavy (non-hydrogen) atoms. The Morgan fingerprint density at radius 3 is 2.69 bits per heavy atom. The summed E-state index contributed by atoms with van der Waals surface area (Å²) in [6, 6.07) is 12.4. The third-order valence-electron chi connectivity index (χ3n) is 5.16. The Balaban J connectivity index is 1.57. The van der Waals surface area contributed by atoms with Crippen LogP contribution in [0.4, 0.5) is 11.4 Å². The fourth-order valence-electron chi connectivity index (χ4n) is 3.49. The molecule has 1 aliphatic rings. The molecule has 0 aromatic heterocycles. The lowest BCUT2D eigenvalue weighted by Gasteiger charge is -2.29. The second-order valence-electron chi connectivity index (χ2n) is 7.59. The second-order valence-corrected chi connectivity index (χ2v) is 7.59. The first kappa shape index (κ1) is 23.1. The predicted molar refractivity (Wildman–Crippen MR) is 122 cm³/mol. The Morgan fingerprint density at radius 2 is 1.94 bits per heavy atom. The summed E-state index contributed by atoms with van der Waals surface area (Å²) in [4.78, 5) is 38.5. The summed E-state index contributed by atoms with van der Waals surface area (Å²) >= 11 is 0. The van der Waals surface area contributed by atoms with E-state index >= 15 is 0 Å². The highest BCUT2D eigenvalue weighted by molar-refractivity contribution is 6.10. The van der Waals surface area contributed by atoms with Crippen molar-refractivity contribution in [3.05, 3.63) is 48.0 Å². The number of ether oxygens (including phenoxy) is 2. The molecule has 8 nitrogen and oxygen atoms in total. The summed E-state index contributed by atoms with van der Waals surface area (Å²) in [6.07, 6.45) is 0.926. The number of nitrogens with one attached hydrogen (secondary N) is 2. The smallest absolute Gasteiger partial charge is 0.244 e. The second kappa shape index (κ2) is 10.7. The number of hydrogen-bond acceptors (Lipinski definition) is 5. The molecule has 0 radical (unpaired) electrons. The summed E-state index contributed by atoms with van der Waals surface area (Å²) in [5.41, 5.74) is 2.10. The zero-order valence-corrected chi connectivity index (χ0v) is 18.6. The maximum Gasteiger partial charge on any atom is 0.244 e. The first-order valence-corrected chi connectivity index (χ1v) is 10.7. The van der Waals surface area contributed by atoms with E-state index in [1.165, 1.54) is 4.90 Å². The molecule has 3 amide bonds. The summed E-state index contributed by atoms with van der Waals surface area (Å²) in [6.45, 7) is 4.44. The number of amides is 3. The lowest BCUT2D eigenvalue weighted by Crippen LogP contribution is -2.42. The van der Waals surface area contributed by atoms with E-state index in [-0.39, 0.29) is 43.1 Å². The van der Waals surface area contributed by atoms with Gasteiger partial charge in [-0.15, -0.1) is 0 Å². The van der Waals surface area contributed by atoms with Crippen LogP contribution in [0.5, 0.6) is 11.5 Å². The number of para-hydroxylation sites is 2. The molecule has 1 aliphatic heterocycles. The Bertz CT molecular complexity index is 991. The minimum absolute atomic E-state index is 0.00723. The van der Waals surface area contributed by atoms with Gasteiger partial charge in [0.1, 0.15) is 6.54 Å². The molecule has 170 valence electrons. The molecule has 1 unspecified atom stereocenters. The van der Waals surface area contributed by atoms with Gasteiger partial charge in [-0.1, -0.05) is 25.1 Å². The molecule has 0 aliphatic carbocycles. The Morgan fingerprint density at radius 1 is 1.16 bits per heavy atom. The van der Waals surface area contributed by atoms with Crippen molar-refractivity contribution in [1.29, 1.82) is 0 Å². The van der Waals surface area contributed by atoms with Gasteiger partial charge in [0.25, 0.3) is 0 Å². The Hall–Kier alpha value is -3.55. The number of carbonyl (C=O) groups excluding carboxylic acids is 3. The highest BCUT2D eigenvalue weighted by Crippen LogP contribution is 2.31. The molecular formula is C24H29N3O5. The van der Waals surface area contributed by atoms with Crippen LogP contribution in [0.3, 0.4) is 0 Å². The molecule has 0 saturated carbocycles. The maximum atomic E-state index is 12.7. The summed E-state index contributed by atoms with van der Waals surface area (Å²) in [7, 11) is 1.58. The van der Waals surface area contributed by atoms with Crippen LogP contribution in [0.1, 0.15) is 44.7 Å². The van der Waals surface area contributed by atoms with Gasteiger partial charge in [-0.2, -0.15) is 0 Å². The van der Waals surface area contributed by atoms with Crippen LogP contribution in [0.2, 0.25) is 0 Å². The van der Waals surface area contributed by atoms with E-state index < -0.39 is 0 Å². The van der Waals surface area contributed by atoms with Gasteiger partial charge < -0.3 is 25.0 Å². The molecule has 1 heterocycles. The van der Waals surface area contributed by atoms with Gasteiger partial charge in [-0.05, 0) is 43.2 Å². The van der Waals surface area contributed by atoms with Crippen LogP contribution in [-0.2, 0) is 14.4 Å². The monoisotopic (exact) mass is 439 g/mol. The van der Waals surface area contributed by atoms with Crippen LogP contribution in [0.15, 0.2) is 42.5 Å². The van der Waals surface area contributed by atoms with Gasteiger partial charge in [0.2, 0.25) is 17.7 Å². The first-order valence-electron chi connectivity index (χ1n) is 10.7. The number of anilines is 2. The van der Waals surface area contributed by atoms with E-state index in [0.29, 0.717) is 29.5 Å². The first-order chi connectivity index (χ1) is 15.4. The van der Waals surface area contributed by atoms with E-state index in [1.54, 1.807) is 31.4 Å². The molecule has 8 heteroatoms. The average Bonchev–Trinajstić information content (AvgIpc) is 2.80. The van der Waals surface area contributed by atoms with E-state index in [4.69, 9.17) is 9.47 Å². The third kappa shape index (κ3) is 5.57. The van der Waals surface area contributed by atoms with Gasteiger partial charge in [0.05, 0.1) is 31.1 Å². The van der Waals surface area contributed by atoms with Crippen molar-refractivity contribution in [2.24, 2.45) is 0 Å². The van der Waals surface area contributed by atoms with E-state index in [9.17, 15) is 14.4 Å². The Kier molecular flexibility index (Phi) is 7.70. The average molecular weight is 440 g/mol. The molecule has 0 bridgehead atoms. The minimum atomic E-state index is -0.270. The molecule has 2 aromatic rings. The number of benzene rings is 2. The highest BCUT2D eigenvalue weighted by Gasteiger charge is 2.26. The van der Waals surface area contributed by atoms with Crippen molar-refractivity contribution in [2.45, 2.75) is 39.2 Å². The summed E-state index contributed by atoms with van der Waals surface area (Å²) in [5, 5.41) is 5.66. The van der Waals surface area contributed by atoms with E-state index in [2.05, 4.69) is 10.6 Å². The standard InChI is InChI=1S/C24H29N3O5/c1-4-13-32-20-10-9-17(14-21(20)31-3)16(2)25-22(28)11-12-24(30)27-15-23(29)26-18-7-5-6-8-19(18)27/h5-10,14,16H,4,11-13,15H2,1-3H3,(H,25,28)(H,26,29). The van der Waals surface area contributed by atoms with Crippen molar-refractivity contribution >= 4 is 29.1 Å². The fraction of sp³-hybridized carbons (Fsp3) is 0.375. The number of rotatable bonds is 9. The SMILES string of the molecule is CCCOc1ccc(C(C)NC(=O)CCC(=O)N2CC(=O)Nc3ccccc32)cc1OC. The van der Waals surface area contributed by atoms with Crippen LogP contribution in [-0.4, -0.2) is 38.0 Å². The van der Waals surface area contributed by atoms with Crippen molar-refractivity contribution in [1.82, 2.24) is 5.32 Å². The van der Waals surface area contributed by atoms with Gasteiger partial charge >= 0.3 is 0 Å².